The van der Waals surface area contributed by atoms with Gasteiger partial charge in [-0.2, -0.15) is 0 Å². The van der Waals surface area contributed by atoms with Crippen LogP contribution < -0.4 is 0 Å². The summed E-state index contributed by atoms with van der Waals surface area (Å²) < 4.78 is 4.50. The Hall–Kier alpha value is -0.303. The molecule has 0 aromatic rings. The van der Waals surface area contributed by atoms with Gasteiger partial charge in [-0.1, -0.05) is 96.8 Å². The standard InChI is InChI=1S/C21H40O4.Li/c1-3-4-5-6-7-8-9-10-11-12-13-14-15-16-17-18-20(23)25-21(24)19(2)22;/h19,22H,3-18H2,1-2H3;. The predicted molar refractivity (Wildman–Crippen MR) is 108 cm³/mol. The van der Waals surface area contributed by atoms with Crippen molar-refractivity contribution >= 4 is 30.8 Å². The van der Waals surface area contributed by atoms with Crippen LogP contribution in [-0.2, 0) is 14.3 Å². The summed E-state index contributed by atoms with van der Waals surface area (Å²) in [5.41, 5.74) is 0. The summed E-state index contributed by atoms with van der Waals surface area (Å²) in [7, 11) is 0. The maximum absolute atomic E-state index is 11.3. The quantitative estimate of drug-likeness (QED) is 0.164. The molecule has 0 fully saturated rings. The molecular formula is C21H40LiO4. The van der Waals surface area contributed by atoms with Crippen molar-refractivity contribution in [2.24, 2.45) is 0 Å². The molecule has 0 saturated heterocycles. The van der Waals surface area contributed by atoms with Gasteiger partial charge in [0, 0.05) is 25.3 Å². The van der Waals surface area contributed by atoms with E-state index in [9.17, 15) is 9.59 Å². The van der Waals surface area contributed by atoms with Crippen molar-refractivity contribution < 1.29 is 19.4 Å². The van der Waals surface area contributed by atoms with E-state index in [0.29, 0.717) is 0 Å². The summed E-state index contributed by atoms with van der Waals surface area (Å²) in [6, 6.07) is 0. The molecule has 1 N–H and O–H groups in total. The Morgan fingerprint density at radius 3 is 1.42 bits per heavy atom. The van der Waals surface area contributed by atoms with Crippen LogP contribution in [0.25, 0.3) is 0 Å². The average molecular weight is 363 g/mol. The van der Waals surface area contributed by atoms with Gasteiger partial charge in [-0.05, 0) is 13.3 Å². The summed E-state index contributed by atoms with van der Waals surface area (Å²) >= 11 is 0. The van der Waals surface area contributed by atoms with Gasteiger partial charge < -0.3 is 9.84 Å². The first kappa shape index (κ1) is 27.9. The van der Waals surface area contributed by atoms with E-state index < -0.39 is 18.0 Å². The molecule has 5 heteroatoms. The van der Waals surface area contributed by atoms with E-state index in [-0.39, 0.29) is 25.3 Å². The van der Waals surface area contributed by atoms with Crippen molar-refractivity contribution in [2.75, 3.05) is 0 Å². The predicted octanol–water partition coefficient (Wildman–Crippen LogP) is 5.32. The van der Waals surface area contributed by atoms with Gasteiger partial charge in [0.2, 0.25) is 0 Å². The number of aliphatic hydroxyl groups is 1. The fourth-order valence-corrected chi connectivity index (χ4v) is 2.89. The molecule has 1 radical (unpaired) electrons. The third-order valence-electron chi connectivity index (χ3n) is 4.54. The average Bonchev–Trinajstić information content (AvgIpc) is 2.58. The molecule has 0 aliphatic heterocycles. The fourth-order valence-electron chi connectivity index (χ4n) is 2.89. The Morgan fingerprint density at radius 2 is 1.08 bits per heavy atom. The topological polar surface area (TPSA) is 63.6 Å². The van der Waals surface area contributed by atoms with Crippen LogP contribution in [0, 0.1) is 0 Å². The third kappa shape index (κ3) is 20.0. The molecule has 0 bridgehead atoms. The van der Waals surface area contributed by atoms with E-state index in [2.05, 4.69) is 11.7 Å². The molecule has 0 aliphatic carbocycles. The van der Waals surface area contributed by atoms with Crippen LogP contribution in [0.4, 0.5) is 0 Å². The van der Waals surface area contributed by atoms with Gasteiger partial charge >= 0.3 is 11.9 Å². The number of hydrogen-bond acceptors (Lipinski definition) is 4. The first-order chi connectivity index (χ1) is 12.1. The van der Waals surface area contributed by atoms with E-state index in [1.165, 1.54) is 84.0 Å². The van der Waals surface area contributed by atoms with Crippen LogP contribution in [0.1, 0.15) is 117 Å². The molecule has 1 unspecified atom stereocenters. The molecule has 0 spiro atoms. The second kappa shape index (κ2) is 21.0. The normalized spacial score (nSPS) is 11.7. The number of carbonyl (C=O) groups is 2. The minimum Gasteiger partial charge on any atom is -0.391 e. The van der Waals surface area contributed by atoms with Crippen LogP contribution in [0.2, 0.25) is 0 Å². The molecule has 0 aromatic heterocycles. The number of esters is 2. The summed E-state index contributed by atoms with van der Waals surface area (Å²) in [5.74, 6) is -1.38. The minimum atomic E-state index is -1.23. The van der Waals surface area contributed by atoms with Crippen molar-refractivity contribution in [3.05, 3.63) is 0 Å². The number of carbonyl (C=O) groups excluding carboxylic acids is 2. The van der Waals surface area contributed by atoms with Crippen molar-refractivity contribution in [1.29, 1.82) is 0 Å². The van der Waals surface area contributed by atoms with Gasteiger partial charge in [0.1, 0.15) is 6.10 Å². The summed E-state index contributed by atoms with van der Waals surface area (Å²) in [5, 5.41) is 8.95. The van der Waals surface area contributed by atoms with Crippen molar-refractivity contribution in [3.8, 4) is 0 Å². The number of rotatable bonds is 17. The fraction of sp³-hybridized carbons (Fsp3) is 0.905. The monoisotopic (exact) mass is 363 g/mol. The number of unbranched alkanes of at least 4 members (excludes halogenated alkanes) is 14. The van der Waals surface area contributed by atoms with Crippen LogP contribution >= 0.6 is 0 Å². The first-order valence-electron chi connectivity index (χ1n) is 10.5. The van der Waals surface area contributed by atoms with Gasteiger partial charge in [0.15, 0.2) is 0 Å². The maximum Gasteiger partial charge on any atom is 0.342 e. The van der Waals surface area contributed by atoms with E-state index in [1.807, 2.05) is 0 Å². The summed E-state index contributed by atoms with van der Waals surface area (Å²) in [6.45, 7) is 3.55. The van der Waals surface area contributed by atoms with E-state index >= 15 is 0 Å². The van der Waals surface area contributed by atoms with Crippen molar-refractivity contribution in [3.63, 3.8) is 0 Å². The van der Waals surface area contributed by atoms with E-state index in [1.54, 1.807) is 0 Å². The number of aliphatic hydroxyl groups excluding tert-OH is 1. The van der Waals surface area contributed by atoms with Crippen LogP contribution in [-0.4, -0.2) is 42.0 Å². The SMILES string of the molecule is CCCCCCCCCCCCCCCCCC(=O)OC(=O)C(C)O.[Li]. The molecule has 26 heavy (non-hydrogen) atoms. The zero-order valence-electron chi connectivity index (χ0n) is 17.6. The van der Waals surface area contributed by atoms with Gasteiger partial charge in [-0.15, -0.1) is 0 Å². The molecule has 0 aliphatic rings. The van der Waals surface area contributed by atoms with Gasteiger partial charge in [-0.3, -0.25) is 4.79 Å². The zero-order chi connectivity index (χ0) is 18.8. The van der Waals surface area contributed by atoms with Crippen LogP contribution in [0.5, 0.6) is 0 Å². The molecule has 0 saturated carbocycles. The zero-order valence-corrected chi connectivity index (χ0v) is 17.6. The number of hydrogen-bond donors (Lipinski definition) is 1. The second-order valence-corrected chi connectivity index (χ2v) is 7.17. The molecule has 1 atom stereocenters. The van der Waals surface area contributed by atoms with Gasteiger partial charge in [0.05, 0.1) is 0 Å². The molecule has 0 heterocycles. The Morgan fingerprint density at radius 1 is 0.731 bits per heavy atom. The van der Waals surface area contributed by atoms with Gasteiger partial charge in [-0.25, -0.2) is 4.79 Å². The van der Waals surface area contributed by atoms with Gasteiger partial charge in [0.25, 0.3) is 0 Å². The van der Waals surface area contributed by atoms with Crippen molar-refractivity contribution in [2.45, 2.75) is 123 Å². The Balaban J connectivity index is 0. The second-order valence-electron chi connectivity index (χ2n) is 7.17. The Labute approximate surface area is 173 Å². The van der Waals surface area contributed by atoms with Crippen molar-refractivity contribution in [1.82, 2.24) is 0 Å². The Kier molecular flexibility index (Phi) is 22.5. The van der Waals surface area contributed by atoms with Crippen LogP contribution in [0.15, 0.2) is 0 Å². The van der Waals surface area contributed by atoms with Crippen LogP contribution in [0.3, 0.4) is 0 Å². The summed E-state index contributed by atoms with van der Waals surface area (Å²) in [6.07, 6.45) is 18.2. The number of ether oxygens (including phenoxy) is 1. The minimum absolute atomic E-state index is 0. The molecule has 149 valence electrons. The summed E-state index contributed by atoms with van der Waals surface area (Å²) in [4.78, 5) is 22.4. The van der Waals surface area contributed by atoms with E-state index in [0.717, 1.165) is 19.3 Å². The Bertz CT molecular complexity index is 332. The molecule has 0 aromatic carbocycles. The smallest absolute Gasteiger partial charge is 0.342 e. The first-order valence-corrected chi connectivity index (χ1v) is 10.5. The largest absolute Gasteiger partial charge is 0.391 e. The molecule has 4 nitrogen and oxygen atoms in total. The molecule has 0 rings (SSSR count). The van der Waals surface area contributed by atoms with E-state index in [4.69, 9.17) is 5.11 Å². The third-order valence-corrected chi connectivity index (χ3v) is 4.54. The molecular weight excluding hydrogens is 323 g/mol. The molecule has 0 amide bonds. The maximum atomic E-state index is 11.3.